The van der Waals surface area contributed by atoms with Gasteiger partial charge in [-0.05, 0) is 29.8 Å². The van der Waals surface area contributed by atoms with Crippen molar-refractivity contribution in [1.29, 1.82) is 0 Å². The molecule has 3 amide bonds. The number of amides is 3. The zero-order valence-electron chi connectivity index (χ0n) is 12.7. The maximum atomic E-state index is 12.2. The molecule has 0 atom stereocenters. The summed E-state index contributed by atoms with van der Waals surface area (Å²) in [6.45, 7) is 0.130. The van der Waals surface area contributed by atoms with Crippen molar-refractivity contribution in [3.8, 4) is 0 Å². The third-order valence-electron chi connectivity index (χ3n) is 3.11. The molecule has 0 unspecified atom stereocenters. The van der Waals surface area contributed by atoms with Gasteiger partial charge in [0, 0.05) is 30.5 Å². The quantitative estimate of drug-likeness (QED) is 0.665. The molecule has 2 aromatic rings. The van der Waals surface area contributed by atoms with E-state index in [0.29, 0.717) is 21.3 Å². The molecule has 0 aliphatic heterocycles. The van der Waals surface area contributed by atoms with E-state index in [1.807, 2.05) is 0 Å². The third-order valence-corrected chi connectivity index (χ3v) is 3.55. The predicted octanol–water partition coefficient (Wildman–Crippen LogP) is 2.65. The molecule has 0 spiro atoms. The Labute approximate surface area is 148 Å². The van der Waals surface area contributed by atoms with Crippen LogP contribution in [0.4, 0.5) is 16.3 Å². The molecule has 0 saturated heterocycles. The molecule has 0 saturated carbocycles. The molecule has 7 nitrogen and oxygen atoms in total. The highest BCUT2D eigenvalue weighted by atomic mass is 35.5. The summed E-state index contributed by atoms with van der Waals surface area (Å²) < 4.78 is 0. The number of hydrogen-bond acceptors (Lipinski definition) is 4. The van der Waals surface area contributed by atoms with Crippen LogP contribution < -0.4 is 21.7 Å². The van der Waals surface area contributed by atoms with Crippen molar-refractivity contribution in [2.24, 2.45) is 0 Å². The lowest BCUT2D eigenvalue weighted by atomic mass is 10.1. The van der Waals surface area contributed by atoms with E-state index in [1.54, 1.807) is 18.2 Å². The highest BCUT2D eigenvalue weighted by Gasteiger charge is 2.13. The maximum Gasteiger partial charge on any atom is 0.318 e. The van der Waals surface area contributed by atoms with Crippen LogP contribution >= 0.6 is 23.2 Å². The average molecular weight is 368 g/mol. The summed E-state index contributed by atoms with van der Waals surface area (Å²) in [4.78, 5) is 27.6. The SMILES string of the molecule is CNC(=O)Nc1ccc(Cl)cc1CNC(=O)c1cc(Cl)cnc1N. The smallest absolute Gasteiger partial charge is 0.318 e. The average Bonchev–Trinajstić information content (AvgIpc) is 2.56. The highest BCUT2D eigenvalue weighted by molar-refractivity contribution is 6.31. The fourth-order valence-electron chi connectivity index (χ4n) is 1.92. The van der Waals surface area contributed by atoms with Crippen molar-refractivity contribution in [3.63, 3.8) is 0 Å². The molecule has 1 aromatic carbocycles. The number of anilines is 2. The van der Waals surface area contributed by atoms with Gasteiger partial charge < -0.3 is 21.7 Å². The molecule has 0 aliphatic carbocycles. The fraction of sp³-hybridized carbons (Fsp3) is 0.133. The number of hydrogen-bond donors (Lipinski definition) is 4. The lowest BCUT2D eigenvalue weighted by Gasteiger charge is -2.13. The Morgan fingerprint density at radius 2 is 1.96 bits per heavy atom. The Morgan fingerprint density at radius 1 is 1.21 bits per heavy atom. The number of nitrogens with one attached hydrogen (secondary N) is 3. The van der Waals surface area contributed by atoms with Crippen LogP contribution in [0.3, 0.4) is 0 Å². The van der Waals surface area contributed by atoms with Gasteiger partial charge in [-0.3, -0.25) is 4.79 Å². The first-order valence-corrected chi connectivity index (χ1v) is 7.62. The molecular formula is C15H15Cl2N5O2. The van der Waals surface area contributed by atoms with Crippen molar-refractivity contribution >= 4 is 46.6 Å². The van der Waals surface area contributed by atoms with E-state index in [-0.39, 0.29) is 24.0 Å². The van der Waals surface area contributed by atoms with Crippen molar-refractivity contribution < 1.29 is 9.59 Å². The van der Waals surface area contributed by atoms with Crippen LogP contribution in [0.5, 0.6) is 0 Å². The molecule has 0 bridgehead atoms. The molecule has 0 radical (unpaired) electrons. The minimum Gasteiger partial charge on any atom is -0.383 e. The molecule has 24 heavy (non-hydrogen) atoms. The van der Waals surface area contributed by atoms with Gasteiger partial charge in [0.05, 0.1) is 10.6 Å². The minimum absolute atomic E-state index is 0.0757. The monoisotopic (exact) mass is 367 g/mol. The Morgan fingerprint density at radius 3 is 2.67 bits per heavy atom. The van der Waals surface area contributed by atoms with Gasteiger partial charge in [-0.15, -0.1) is 0 Å². The first-order valence-electron chi connectivity index (χ1n) is 6.87. The number of carbonyl (C=O) groups is 2. The molecule has 1 aromatic heterocycles. The first-order chi connectivity index (χ1) is 11.4. The molecule has 9 heteroatoms. The third kappa shape index (κ3) is 4.50. The second-order valence-electron chi connectivity index (χ2n) is 4.77. The van der Waals surface area contributed by atoms with E-state index in [0.717, 1.165) is 0 Å². The van der Waals surface area contributed by atoms with Crippen LogP contribution in [0.15, 0.2) is 30.5 Å². The van der Waals surface area contributed by atoms with Gasteiger partial charge in [-0.1, -0.05) is 23.2 Å². The van der Waals surface area contributed by atoms with Gasteiger partial charge in [0.25, 0.3) is 5.91 Å². The molecule has 2 rings (SSSR count). The Kier molecular flexibility index (Phi) is 5.83. The summed E-state index contributed by atoms with van der Waals surface area (Å²) in [6, 6.07) is 5.98. The summed E-state index contributed by atoms with van der Waals surface area (Å²) in [6.07, 6.45) is 1.36. The summed E-state index contributed by atoms with van der Waals surface area (Å²) in [5.41, 5.74) is 7.01. The Bertz CT molecular complexity index is 782. The van der Waals surface area contributed by atoms with Gasteiger partial charge in [0.15, 0.2) is 0 Å². The number of halogens is 2. The van der Waals surface area contributed by atoms with Gasteiger partial charge in [0.1, 0.15) is 5.82 Å². The van der Waals surface area contributed by atoms with Crippen LogP contribution in [0.25, 0.3) is 0 Å². The molecule has 126 valence electrons. The number of nitrogen functional groups attached to an aromatic ring is 1. The first kappa shape index (κ1) is 17.8. The van der Waals surface area contributed by atoms with E-state index in [2.05, 4.69) is 20.9 Å². The van der Waals surface area contributed by atoms with E-state index in [9.17, 15) is 9.59 Å². The number of nitrogens with two attached hydrogens (primary N) is 1. The van der Waals surface area contributed by atoms with E-state index in [1.165, 1.54) is 19.3 Å². The molecule has 0 aliphatic rings. The second kappa shape index (κ2) is 7.85. The summed E-state index contributed by atoms with van der Waals surface area (Å²) in [5.74, 6) is -0.361. The summed E-state index contributed by atoms with van der Waals surface area (Å²) in [5, 5.41) is 8.58. The summed E-state index contributed by atoms with van der Waals surface area (Å²) in [7, 11) is 1.50. The van der Waals surface area contributed by atoms with Crippen molar-refractivity contribution in [2.45, 2.75) is 6.54 Å². The van der Waals surface area contributed by atoms with Gasteiger partial charge in [0.2, 0.25) is 0 Å². The van der Waals surface area contributed by atoms with Crippen LogP contribution in [0.2, 0.25) is 10.0 Å². The van der Waals surface area contributed by atoms with Crippen LogP contribution in [-0.4, -0.2) is 24.0 Å². The normalized spacial score (nSPS) is 10.1. The number of aromatic nitrogens is 1. The fourth-order valence-corrected chi connectivity index (χ4v) is 2.27. The van der Waals surface area contributed by atoms with Crippen LogP contribution in [0.1, 0.15) is 15.9 Å². The highest BCUT2D eigenvalue weighted by Crippen LogP contribution is 2.21. The predicted molar refractivity (Wildman–Crippen MR) is 94.4 cm³/mol. The number of nitrogens with zero attached hydrogens (tertiary/aromatic N) is 1. The van der Waals surface area contributed by atoms with Gasteiger partial charge in [-0.2, -0.15) is 0 Å². The largest absolute Gasteiger partial charge is 0.383 e. The van der Waals surface area contributed by atoms with Gasteiger partial charge >= 0.3 is 6.03 Å². The van der Waals surface area contributed by atoms with Crippen molar-refractivity contribution in [1.82, 2.24) is 15.6 Å². The number of benzene rings is 1. The lowest BCUT2D eigenvalue weighted by Crippen LogP contribution is -2.27. The topological polar surface area (TPSA) is 109 Å². The van der Waals surface area contributed by atoms with Crippen LogP contribution in [0, 0.1) is 0 Å². The number of carbonyl (C=O) groups excluding carboxylic acids is 2. The zero-order chi connectivity index (χ0) is 17.7. The standard InChI is InChI=1S/C15H15Cl2N5O2/c1-19-15(24)22-12-3-2-9(16)4-8(12)6-21-14(23)11-5-10(17)7-20-13(11)18/h2-5,7H,6H2,1H3,(H2,18,20)(H,21,23)(H2,19,22,24). The molecule has 5 N–H and O–H groups in total. The van der Waals surface area contributed by atoms with E-state index in [4.69, 9.17) is 28.9 Å². The number of urea groups is 1. The summed E-state index contributed by atoms with van der Waals surface area (Å²) >= 11 is 11.8. The lowest BCUT2D eigenvalue weighted by molar-refractivity contribution is 0.0951. The van der Waals surface area contributed by atoms with E-state index < -0.39 is 5.91 Å². The number of pyridine rings is 1. The number of rotatable bonds is 4. The Balaban J connectivity index is 2.16. The molecular weight excluding hydrogens is 353 g/mol. The second-order valence-corrected chi connectivity index (χ2v) is 5.65. The van der Waals surface area contributed by atoms with Crippen molar-refractivity contribution in [2.75, 3.05) is 18.1 Å². The Hall–Kier alpha value is -2.51. The minimum atomic E-state index is -0.437. The zero-order valence-corrected chi connectivity index (χ0v) is 14.2. The molecule has 1 heterocycles. The molecule has 0 fully saturated rings. The van der Waals surface area contributed by atoms with E-state index >= 15 is 0 Å². The van der Waals surface area contributed by atoms with Crippen LogP contribution in [-0.2, 0) is 6.54 Å². The van der Waals surface area contributed by atoms with Crippen molar-refractivity contribution in [3.05, 3.63) is 51.6 Å². The maximum absolute atomic E-state index is 12.2. The van der Waals surface area contributed by atoms with Gasteiger partial charge in [-0.25, -0.2) is 9.78 Å².